The van der Waals surface area contributed by atoms with Crippen LogP contribution in [0.25, 0.3) is 27.3 Å². The monoisotopic (exact) mass is 310 g/mol. The molecule has 0 bridgehead atoms. The highest BCUT2D eigenvalue weighted by atomic mass is 32.1. The first kappa shape index (κ1) is 13.0. The number of rotatable bonds is 2. The average Bonchev–Trinajstić information content (AvgIpc) is 3.13. The number of nitrogens with two attached hydrogens (primary N) is 1. The fraction of sp³-hybridized carbons (Fsp3) is 0. The van der Waals surface area contributed by atoms with E-state index < -0.39 is 0 Å². The number of thiazole rings is 1. The summed E-state index contributed by atoms with van der Waals surface area (Å²) in [6.07, 6.45) is 5.63. The van der Waals surface area contributed by atoms with E-state index in [1.54, 1.807) is 18.3 Å². The topological polar surface area (TPSA) is 56.2 Å². The lowest BCUT2D eigenvalue weighted by atomic mass is 10.1. The van der Waals surface area contributed by atoms with E-state index in [1.165, 1.54) is 23.5 Å². The zero-order valence-corrected chi connectivity index (χ0v) is 12.2. The minimum Gasteiger partial charge on any atom is -0.375 e. The number of nitrogens with zero attached hydrogens (tertiary/aromatic N) is 3. The maximum atomic E-state index is 13.1. The Morgan fingerprint density at radius 3 is 2.64 bits per heavy atom. The van der Waals surface area contributed by atoms with Gasteiger partial charge in [0.15, 0.2) is 5.13 Å². The molecule has 6 heteroatoms. The molecule has 0 saturated heterocycles. The predicted octanol–water partition coefficient (Wildman–Crippen LogP) is 3.85. The van der Waals surface area contributed by atoms with Gasteiger partial charge in [-0.2, -0.15) is 0 Å². The normalized spacial score (nSPS) is 11.1. The lowest BCUT2D eigenvalue weighted by Gasteiger charge is -2.04. The number of benzene rings is 1. The van der Waals surface area contributed by atoms with Gasteiger partial charge in [0.1, 0.15) is 11.5 Å². The van der Waals surface area contributed by atoms with Crippen molar-refractivity contribution < 1.29 is 4.39 Å². The number of pyridine rings is 1. The molecule has 0 amide bonds. The van der Waals surface area contributed by atoms with E-state index in [0.29, 0.717) is 5.13 Å². The van der Waals surface area contributed by atoms with Crippen LogP contribution in [-0.2, 0) is 0 Å². The van der Waals surface area contributed by atoms with Crippen molar-refractivity contribution in [1.29, 1.82) is 0 Å². The van der Waals surface area contributed by atoms with E-state index in [-0.39, 0.29) is 5.82 Å². The van der Waals surface area contributed by atoms with Gasteiger partial charge in [0.05, 0.1) is 10.6 Å². The highest BCUT2D eigenvalue weighted by Gasteiger charge is 2.14. The summed E-state index contributed by atoms with van der Waals surface area (Å²) in [6, 6.07) is 10.2. The molecular weight excluding hydrogens is 299 g/mol. The number of hydrogen-bond donors (Lipinski definition) is 1. The van der Waals surface area contributed by atoms with Gasteiger partial charge in [-0.3, -0.25) is 0 Å². The van der Waals surface area contributed by atoms with Crippen LogP contribution in [0.4, 0.5) is 9.52 Å². The third-order valence-electron chi connectivity index (χ3n) is 3.41. The number of aromatic nitrogens is 3. The van der Waals surface area contributed by atoms with Crippen LogP contribution < -0.4 is 5.73 Å². The number of nitrogen functional groups attached to an aromatic ring is 1. The quantitative estimate of drug-likeness (QED) is 0.612. The van der Waals surface area contributed by atoms with Gasteiger partial charge in [0, 0.05) is 29.7 Å². The number of fused-ring (bicyclic) bond motifs is 1. The Labute approximate surface area is 129 Å². The van der Waals surface area contributed by atoms with Crippen molar-refractivity contribution in [2.24, 2.45) is 0 Å². The molecule has 2 N–H and O–H groups in total. The van der Waals surface area contributed by atoms with Gasteiger partial charge >= 0.3 is 0 Å². The first-order chi connectivity index (χ1) is 10.7. The molecule has 0 radical (unpaired) electrons. The summed E-state index contributed by atoms with van der Waals surface area (Å²) in [5.41, 5.74) is 9.38. The molecule has 4 rings (SSSR count). The van der Waals surface area contributed by atoms with Gasteiger partial charge in [-0.15, -0.1) is 0 Å². The molecule has 0 fully saturated rings. The van der Waals surface area contributed by atoms with Crippen molar-refractivity contribution in [2.75, 3.05) is 5.73 Å². The lowest BCUT2D eigenvalue weighted by molar-refractivity contribution is 0.628. The van der Waals surface area contributed by atoms with Gasteiger partial charge < -0.3 is 10.1 Å². The molecule has 108 valence electrons. The molecule has 0 aliphatic rings. The van der Waals surface area contributed by atoms with Crippen LogP contribution in [0.1, 0.15) is 0 Å². The Morgan fingerprint density at radius 1 is 1.05 bits per heavy atom. The zero-order valence-electron chi connectivity index (χ0n) is 11.4. The van der Waals surface area contributed by atoms with Crippen LogP contribution in [0.15, 0.2) is 55.0 Å². The Balaban J connectivity index is 1.89. The largest absolute Gasteiger partial charge is 0.375 e. The van der Waals surface area contributed by atoms with E-state index in [1.807, 2.05) is 28.9 Å². The van der Waals surface area contributed by atoms with Crippen molar-refractivity contribution in [3.8, 4) is 21.7 Å². The molecule has 4 nitrogen and oxygen atoms in total. The van der Waals surface area contributed by atoms with Crippen LogP contribution in [0.2, 0.25) is 0 Å². The van der Waals surface area contributed by atoms with Crippen molar-refractivity contribution >= 4 is 22.1 Å². The molecule has 3 aromatic heterocycles. The summed E-state index contributed by atoms with van der Waals surface area (Å²) in [7, 11) is 0. The maximum absolute atomic E-state index is 13.1. The van der Waals surface area contributed by atoms with Gasteiger partial charge in [0.2, 0.25) is 0 Å². The van der Waals surface area contributed by atoms with Crippen LogP contribution in [0.3, 0.4) is 0 Å². The van der Waals surface area contributed by atoms with Crippen molar-refractivity contribution in [1.82, 2.24) is 14.4 Å². The molecule has 0 atom stereocenters. The second-order valence-electron chi connectivity index (χ2n) is 4.85. The number of imidazole rings is 1. The number of hydrogen-bond acceptors (Lipinski definition) is 4. The smallest absolute Gasteiger partial charge is 0.181 e. The SMILES string of the molecule is Nc1nc(-c2ccc(F)cc2)c(-c2ccc3nccn3c2)s1. The molecule has 4 aromatic rings. The molecule has 1 aromatic carbocycles. The molecule has 0 unspecified atom stereocenters. The van der Waals surface area contributed by atoms with E-state index in [4.69, 9.17) is 5.73 Å². The van der Waals surface area contributed by atoms with Crippen molar-refractivity contribution in [3.63, 3.8) is 0 Å². The molecule has 0 spiro atoms. The van der Waals surface area contributed by atoms with Gasteiger partial charge in [-0.1, -0.05) is 11.3 Å². The first-order valence-corrected chi connectivity index (χ1v) is 7.48. The summed E-state index contributed by atoms with van der Waals surface area (Å²) >= 11 is 1.42. The van der Waals surface area contributed by atoms with E-state index in [0.717, 1.165) is 27.3 Å². The van der Waals surface area contributed by atoms with Crippen LogP contribution >= 0.6 is 11.3 Å². The minimum atomic E-state index is -0.270. The Hall–Kier alpha value is -2.73. The third kappa shape index (κ3) is 2.14. The van der Waals surface area contributed by atoms with Crippen molar-refractivity contribution in [2.45, 2.75) is 0 Å². The third-order valence-corrected chi connectivity index (χ3v) is 4.35. The van der Waals surface area contributed by atoms with E-state index in [9.17, 15) is 4.39 Å². The van der Waals surface area contributed by atoms with Gasteiger partial charge in [-0.05, 0) is 36.4 Å². The highest BCUT2D eigenvalue weighted by molar-refractivity contribution is 7.19. The maximum Gasteiger partial charge on any atom is 0.181 e. The fourth-order valence-electron chi connectivity index (χ4n) is 2.39. The van der Waals surface area contributed by atoms with E-state index in [2.05, 4.69) is 9.97 Å². The molecule has 0 aliphatic carbocycles. The van der Waals surface area contributed by atoms with Gasteiger partial charge in [-0.25, -0.2) is 14.4 Å². The van der Waals surface area contributed by atoms with Crippen molar-refractivity contribution in [3.05, 3.63) is 60.8 Å². The second-order valence-corrected chi connectivity index (χ2v) is 5.88. The molecule has 0 saturated carbocycles. The van der Waals surface area contributed by atoms with Crippen LogP contribution in [-0.4, -0.2) is 14.4 Å². The number of halogens is 1. The van der Waals surface area contributed by atoms with Crippen LogP contribution in [0.5, 0.6) is 0 Å². The first-order valence-electron chi connectivity index (χ1n) is 6.66. The Morgan fingerprint density at radius 2 is 1.82 bits per heavy atom. The van der Waals surface area contributed by atoms with Gasteiger partial charge in [0.25, 0.3) is 0 Å². The van der Waals surface area contributed by atoms with E-state index >= 15 is 0 Å². The zero-order chi connectivity index (χ0) is 15.1. The Bertz CT molecular complexity index is 956. The summed E-state index contributed by atoms with van der Waals surface area (Å²) in [5, 5.41) is 0.486. The summed E-state index contributed by atoms with van der Waals surface area (Å²) in [5.74, 6) is -0.270. The molecular formula is C16H11FN4S. The standard InChI is InChI=1S/C16H11FN4S/c17-12-4-1-10(2-5-12)14-15(22-16(18)20-14)11-3-6-13-19-7-8-21(13)9-11/h1-9H,(H2,18,20). The summed E-state index contributed by atoms with van der Waals surface area (Å²) in [6.45, 7) is 0. The predicted molar refractivity (Wildman–Crippen MR) is 86.1 cm³/mol. The highest BCUT2D eigenvalue weighted by Crippen LogP contribution is 2.37. The summed E-state index contributed by atoms with van der Waals surface area (Å²) in [4.78, 5) is 9.60. The minimum absolute atomic E-state index is 0.270. The number of anilines is 1. The lowest BCUT2D eigenvalue weighted by Crippen LogP contribution is -1.87. The Kier molecular flexibility index (Phi) is 2.90. The van der Waals surface area contributed by atoms with Crippen LogP contribution in [0, 0.1) is 5.82 Å². The second kappa shape index (κ2) is 4.92. The molecule has 0 aliphatic heterocycles. The summed E-state index contributed by atoms with van der Waals surface area (Å²) < 4.78 is 15.1. The average molecular weight is 310 g/mol. The molecule has 22 heavy (non-hydrogen) atoms. The fourth-order valence-corrected chi connectivity index (χ4v) is 3.23. The molecule has 3 heterocycles.